The van der Waals surface area contributed by atoms with E-state index in [9.17, 15) is 0 Å². The van der Waals surface area contributed by atoms with E-state index in [4.69, 9.17) is 16.3 Å². The van der Waals surface area contributed by atoms with Gasteiger partial charge in [-0.2, -0.15) is 0 Å². The van der Waals surface area contributed by atoms with Crippen LogP contribution < -0.4 is 15.4 Å². The van der Waals surface area contributed by atoms with Crippen LogP contribution in [0.1, 0.15) is 24.4 Å². The molecule has 2 atom stereocenters. The molecule has 100 valence electrons. The Morgan fingerprint density at radius 2 is 2.39 bits per heavy atom. The van der Waals surface area contributed by atoms with Crippen molar-refractivity contribution in [2.45, 2.75) is 18.9 Å². The lowest BCUT2D eigenvalue weighted by Crippen LogP contribution is -2.21. The zero-order valence-electron chi connectivity index (χ0n) is 11.0. The van der Waals surface area contributed by atoms with E-state index < -0.39 is 0 Å². The summed E-state index contributed by atoms with van der Waals surface area (Å²) in [6, 6.07) is 6.11. The lowest BCUT2D eigenvalue weighted by Gasteiger charge is -2.22. The van der Waals surface area contributed by atoms with Crippen LogP contribution in [-0.2, 0) is 0 Å². The SMILES string of the molecule is CNC(CC1CCNC1)c1cc(Cl)ccc1OC. The van der Waals surface area contributed by atoms with Crippen LogP contribution in [0.25, 0.3) is 0 Å². The molecule has 1 aromatic carbocycles. The van der Waals surface area contributed by atoms with Gasteiger partial charge in [0.2, 0.25) is 0 Å². The van der Waals surface area contributed by atoms with Crippen LogP contribution in [0.2, 0.25) is 5.02 Å². The summed E-state index contributed by atoms with van der Waals surface area (Å²) in [4.78, 5) is 0. The average molecular weight is 269 g/mol. The van der Waals surface area contributed by atoms with Crippen molar-refractivity contribution in [2.24, 2.45) is 5.92 Å². The summed E-state index contributed by atoms with van der Waals surface area (Å²) < 4.78 is 5.43. The number of hydrogen-bond donors (Lipinski definition) is 2. The molecule has 0 aliphatic carbocycles. The van der Waals surface area contributed by atoms with Gasteiger partial charge < -0.3 is 15.4 Å². The average Bonchev–Trinajstić information content (AvgIpc) is 2.88. The molecule has 18 heavy (non-hydrogen) atoms. The Morgan fingerprint density at radius 1 is 1.56 bits per heavy atom. The van der Waals surface area contributed by atoms with E-state index in [1.807, 2.05) is 25.2 Å². The van der Waals surface area contributed by atoms with Gasteiger partial charge in [-0.3, -0.25) is 0 Å². The fourth-order valence-electron chi connectivity index (χ4n) is 2.63. The Labute approximate surface area is 114 Å². The van der Waals surface area contributed by atoms with Crippen molar-refractivity contribution < 1.29 is 4.74 Å². The molecule has 1 aromatic rings. The first-order valence-electron chi connectivity index (χ1n) is 6.46. The third kappa shape index (κ3) is 3.16. The van der Waals surface area contributed by atoms with Crippen molar-refractivity contribution in [2.75, 3.05) is 27.2 Å². The molecule has 3 nitrogen and oxygen atoms in total. The standard InChI is InChI=1S/C14H21ClN2O/c1-16-13(7-10-5-6-17-9-10)12-8-11(15)3-4-14(12)18-2/h3-4,8,10,13,16-17H,5-7,9H2,1-2H3. The van der Waals surface area contributed by atoms with Crippen molar-refractivity contribution >= 4 is 11.6 Å². The molecule has 0 amide bonds. The van der Waals surface area contributed by atoms with Crippen LogP contribution >= 0.6 is 11.6 Å². The molecule has 0 saturated carbocycles. The Bertz CT molecular complexity index is 391. The second-order valence-electron chi connectivity index (χ2n) is 4.82. The first kappa shape index (κ1) is 13.7. The maximum Gasteiger partial charge on any atom is 0.123 e. The highest BCUT2D eigenvalue weighted by Gasteiger charge is 2.22. The Morgan fingerprint density at radius 3 is 3.00 bits per heavy atom. The molecule has 1 aliphatic rings. The summed E-state index contributed by atoms with van der Waals surface area (Å²) in [5, 5.41) is 7.55. The molecule has 4 heteroatoms. The quantitative estimate of drug-likeness (QED) is 0.861. The smallest absolute Gasteiger partial charge is 0.123 e. The molecule has 2 rings (SSSR count). The number of ether oxygens (including phenoxy) is 1. The van der Waals surface area contributed by atoms with Gasteiger partial charge >= 0.3 is 0 Å². The Kier molecular flexibility index (Phi) is 4.87. The number of nitrogens with one attached hydrogen (secondary N) is 2. The van der Waals surface area contributed by atoms with Crippen molar-refractivity contribution in [3.63, 3.8) is 0 Å². The lowest BCUT2D eigenvalue weighted by atomic mass is 9.93. The zero-order chi connectivity index (χ0) is 13.0. The molecule has 0 radical (unpaired) electrons. The zero-order valence-corrected chi connectivity index (χ0v) is 11.8. The second kappa shape index (κ2) is 6.41. The van der Waals surface area contributed by atoms with E-state index in [2.05, 4.69) is 10.6 Å². The van der Waals surface area contributed by atoms with Crippen LogP contribution in [0.3, 0.4) is 0 Å². The van der Waals surface area contributed by atoms with Gasteiger partial charge in [-0.05, 0) is 57.1 Å². The van der Waals surface area contributed by atoms with Crippen LogP contribution in [0.5, 0.6) is 5.75 Å². The summed E-state index contributed by atoms with van der Waals surface area (Å²) in [7, 11) is 3.70. The molecule has 0 spiro atoms. The lowest BCUT2D eigenvalue weighted by molar-refractivity contribution is 0.383. The number of methoxy groups -OCH3 is 1. The minimum atomic E-state index is 0.295. The monoisotopic (exact) mass is 268 g/mol. The van der Waals surface area contributed by atoms with Crippen LogP contribution in [0, 0.1) is 5.92 Å². The summed E-state index contributed by atoms with van der Waals surface area (Å²) in [6.45, 7) is 2.24. The summed E-state index contributed by atoms with van der Waals surface area (Å²) in [5.74, 6) is 1.64. The first-order valence-corrected chi connectivity index (χ1v) is 6.83. The predicted octanol–water partition coefficient (Wildman–Crippen LogP) is 2.61. The van der Waals surface area contributed by atoms with E-state index in [0.717, 1.165) is 41.8 Å². The topological polar surface area (TPSA) is 33.3 Å². The second-order valence-corrected chi connectivity index (χ2v) is 5.26. The number of halogens is 1. The van der Waals surface area contributed by atoms with Crippen molar-refractivity contribution in [3.8, 4) is 5.75 Å². The van der Waals surface area contributed by atoms with Gasteiger partial charge in [0, 0.05) is 16.6 Å². The van der Waals surface area contributed by atoms with E-state index in [1.165, 1.54) is 6.42 Å². The van der Waals surface area contributed by atoms with Gasteiger partial charge in [-0.15, -0.1) is 0 Å². The largest absolute Gasteiger partial charge is 0.496 e. The van der Waals surface area contributed by atoms with E-state index in [1.54, 1.807) is 7.11 Å². The highest BCUT2D eigenvalue weighted by molar-refractivity contribution is 6.30. The third-order valence-corrected chi connectivity index (χ3v) is 3.88. The van der Waals surface area contributed by atoms with Crippen LogP contribution in [0.15, 0.2) is 18.2 Å². The molecule has 0 aromatic heterocycles. The molecule has 2 N–H and O–H groups in total. The van der Waals surface area contributed by atoms with Gasteiger partial charge in [0.15, 0.2) is 0 Å². The van der Waals surface area contributed by atoms with E-state index in [-0.39, 0.29) is 0 Å². The van der Waals surface area contributed by atoms with Gasteiger partial charge in [0.25, 0.3) is 0 Å². The van der Waals surface area contributed by atoms with E-state index >= 15 is 0 Å². The maximum absolute atomic E-state index is 6.10. The molecule has 1 fully saturated rings. The molecular formula is C14H21ClN2O. The highest BCUT2D eigenvalue weighted by atomic mass is 35.5. The molecule has 2 unspecified atom stereocenters. The Hall–Kier alpha value is -0.770. The summed E-state index contributed by atoms with van der Waals surface area (Å²) in [6.07, 6.45) is 2.36. The number of benzene rings is 1. The summed E-state index contributed by atoms with van der Waals surface area (Å²) >= 11 is 6.10. The number of hydrogen-bond acceptors (Lipinski definition) is 3. The van der Waals surface area contributed by atoms with Gasteiger partial charge in [0.05, 0.1) is 7.11 Å². The Balaban J connectivity index is 2.17. The van der Waals surface area contributed by atoms with Crippen molar-refractivity contribution in [1.29, 1.82) is 0 Å². The van der Waals surface area contributed by atoms with E-state index in [0.29, 0.717) is 6.04 Å². The molecule has 1 heterocycles. The number of rotatable bonds is 5. The summed E-state index contributed by atoms with van der Waals surface area (Å²) in [5.41, 5.74) is 1.15. The predicted molar refractivity (Wildman–Crippen MR) is 75.4 cm³/mol. The van der Waals surface area contributed by atoms with Gasteiger partial charge in [0.1, 0.15) is 5.75 Å². The minimum absolute atomic E-state index is 0.295. The van der Waals surface area contributed by atoms with Gasteiger partial charge in [-0.1, -0.05) is 11.6 Å². The van der Waals surface area contributed by atoms with Crippen molar-refractivity contribution in [3.05, 3.63) is 28.8 Å². The molecule has 1 aliphatic heterocycles. The molecule has 1 saturated heterocycles. The van der Waals surface area contributed by atoms with Crippen LogP contribution in [-0.4, -0.2) is 27.2 Å². The first-order chi connectivity index (χ1) is 8.74. The molecular weight excluding hydrogens is 248 g/mol. The van der Waals surface area contributed by atoms with Crippen LogP contribution in [0.4, 0.5) is 0 Å². The fraction of sp³-hybridized carbons (Fsp3) is 0.571. The molecule has 0 bridgehead atoms. The van der Waals surface area contributed by atoms with Gasteiger partial charge in [-0.25, -0.2) is 0 Å². The third-order valence-electron chi connectivity index (χ3n) is 3.65. The highest BCUT2D eigenvalue weighted by Crippen LogP contribution is 2.32. The minimum Gasteiger partial charge on any atom is -0.496 e. The van der Waals surface area contributed by atoms with Crippen molar-refractivity contribution in [1.82, 2.24) is 10.6 Å². The fourth-order valence-corrected chi connectivity index (χ4v) is 2.81. The normalized spacial score (nSPS) is 20.9. The maximum atomic E-state index is 6.10.